The monoisotopic (exact) mass is 176 g/mol. The van der Waals surface area contributed by atoms with Crippen LogP contribution >= 0.6 is 0 Å². The summed E-state index contributed by atoms with van der Waals surface area (Å²) in [5.41, 5.74) is 1.68. The van der Waals surface area contributed by atoms with E-state index in [2.05, 4.69) is 0 Å². The van der Waals surface area contributed by atoms with E-state index >= 15 is 0 Å². The molecule has 0 fully saturated rings. The maximum Gasteiger partial charge on any atom is 0.165 e. The van der Waals surface area contributed by atoms with Crippen LogP contribution in [0.5, 0.6) is 0 Å². The van der Waals surface area contributed by atoms with Crippen molar-refractivity contribution in [2.45, 2.75) is 6.10 Å². The number of aliphatic hydroxyl groups excluding tert-OH is 1. The van der Waals surface area contributed by atoms with Crippen LogP contribution in [0.15, 0.2) is 24.3 Å². The highest BCUT2D eigenvalue weighted by Crippen LogP contribution is 2.16. The van der Waals surface area contributed by atoms with E-state index < -0.39 is 6.10 Å². The van der Waals surface area contributed by atoms with Gasteiger partial charge in [0.15, 0.2) is 6.10 Å². The van der Waals surface area contributed by atoms with Crippen molar-refractivity contribution in [1.29, 1.82) is 5.26 Å². The van der Waals surface area contributed by atoms with Crippen LogP contribution in [0.25, 0.3) is 0 Å². The van der Waals surface area contributed by atoms with Crippen LogP contribution in [0.1, 0.15) is 11.7 Å². The Morgan fingerprint density at radius 2 is 1.85 bits per heavy atom. The van der Waals surface area contributed by atoms with Gasteiger partial charge in [-0.1, -0.05) is 12.1 Å². The molecule has 1 rings (SSSR count). The second kappa shape index (κ2) is 3.92. The fourth-order valence-corrected chi connectivity index (χ4v) is 1.03. The van der Waals surface area contributed by atoms with Gasteiger partial charge in [0, 0.05) is 19.8 Å². The Balaban J connectivity index is 2.89. The third-order valence-corrected chi connectivity index (χ3v) is 1.85. The zero-order valence-electron chi connectivity index (χ0n) is 7.73. The summed E-state index contributed by atoms with van der Waals surface area (Å²) in [6, 6.07) is 9.02. The number of nitriles is 1. The van der Waals surface area contributed by atoms with Gasteiger partial charge in [0.1, 0.15) is 0 Å². The van der Waals surface area contributed by atoms with Crippen LogP contribution in [0, 0.1) is 11.3 Å². The van der Waals surface area contributed by atoms with Gasteiger partial charge in [-0.2, -0.15) is 5.26 Å². The number of rotatable bonds is 2. The molecule has 1 N–H and O–H groups in total. The lowest BCUT2D eigenvalue weighted by atomic mass is 10.1. The van der Waals surface area contributed by atoms with Crippen molar-refractivity contribution in [1.82, 2.24) is 0 Å². The van der Waals surface area contributed by atoms with E-state index in [9.17, 15) is 5.11 Å². The summed E-state index contributed by atoms with van der Waals surface area (Å²) in [6.45, 7) is 0. The van der Waals surface area contributed by atoms with Gasteiger partial charge >= 0.3 is 0 Å². The summed E-state index contributed by atoms with van der Waals surface area (Å²) in [5.74, 6) is 0. The minimum Gasteiger partial charge on any atom is -0.378 e. The molecule has 1 unspecified atom stereocenters. The lowest BCUT2D eigenvalue weighted by molar-refractivity contribution is 0.236. The Morgan fingerprint density at radius 1 is 1.31 bits per heavy atom. The van der Waals surface area contributed by atoms with Crippen molar-refractivity contribution >= 4 is 5.69 Å². The molecule has 0 heterocycles. The predicted octanol–water partition coefficient (Wildman–Crippen LogP) is 1.31. The molecule has 0 aliphatic rings. The SMILES string of the molecule is CN(C)c1ccc(C(O)C#N)cc1. The Kier molecular flexibility index (Phi) is 2.88. The molecule has 3 nitrogen and oxygen atoms in total. The van der Waals surface area contributed by atoms with Gasteiger partial charge in [0.2, 0.25) is 0 Å². The number of hydrogen-bond acceptors (Lipinski definition) is 3. The molecule has 1 atom stereocenters. The molecule has 68 valence electrons. The van der Waals surface area contributed by atoms with Crippen LogP contribution in [-0.2, 0) is 0 Å². The number of benzene rings is 1. The summed E-state index contributed by atoms with van der Waals surface area (Å²) >= 11 is 0. The van der Waals surface area contributed by atoms with E-state index in [4.69, 9.17) is 5.26 Å². The van der Waals surface area contributed by atoms with Crippen molar-refractivity contribution in [3.05, 3.63) is 29.8 Å². The molecule has 0 aromatic heterocycles. The third-order valence-electron chi connectivity index (χ3n) is 1.85. The Labute approximate surface area is 77.8 Å². The van der Waals surface area contributed by atoms with E-state index in [0.717, 1.165) is 5.69 Å². The molecule has 0 aliphatic heterocycles. The normalized spacial score (nSPS) is 11.8. The second-order valence-electron chi connectivity index (χ2n) is 3.02. The fourth-order valence-electron chi connectivity index (χ4n) is 1.03. The number of aliphatic hydroxyl groups is 1. The molecular formula is C10H12N2O. The molecule has 0 aliphatic carbocycles. The maximum absolute atomic E-state index is 9.18. The minimum absolute atomic E-state index is 0.633. The van der Waals surface area contributed by atoms with E-state index in [1.807, 2.05) is 31.1 Å². The van der Waals surface area contributed by atoms with Crippen LogP contribution in [0.3, 0.4) is 0 Å². The van der Waals surface area contributed by atoms with E-state index in [1.165, 1.54) is 0 Å². The van der Waals surface area contributed by atoms with Gasteiger partial charge in [-0.15, -0.1) is 0 Å². The quantitative estimate of drug-likeness (QED) is 0.691. The van der Waals surface area contributed by atoms with Crippen molar-refractivity contribution in [2.24, 2.45) is 0 Å². The molecule has 0 saturated carbocycles. The first-order valence-corrected chi connectivity index (χ1v) is 4.00. The first-order chi connectivity index (χ1) is 6.15. The zero-order valence-corrected chi connectivity index (χ0v) is 7.73. The average molecular weight is 176 g/mol. The topological polar surface area (TPSA) is 47.3 Å². The number of nitrogens with zero attached hydrogens (tertiary/aromatic N) is 2. The first-order valence-electron chi connectivity index (χ1n) is 4.00. The highest BCUT2D eigenvalue weighted by atomic mass is 16.3. The highest BCUT2D eigenvalue weighted by Gasteiger charge is 2.04. The van der Waals surface area contributed by atoms with Crippen LogP contribution in [0.4, 0.5) is 5.69 Å². The molecule has 0 bridgehead atoms. The highest BCUT2D eigenvalue weighted by molar-refractivity contribution is 5.46. The molecular weight excluding hydrogens is 164 g/mol. The van der Waals surface area contributed by atoms with Gasteiger partial charge in [0.05, 0.1) is 6.07 Å². The Morgan fingerprint density at radius 3 is 2.23 bits per heavy atom. The van der Waals surface area contributed by atoms with Crippen molar-refractivity contribution in [3.8, 4) is 6.07 Å². The summed E-state index contributed by atoms with van der Waals surface area (Å²) in [7, 11) is 3.88. The van der Waals surface area contributed by atoms with Crippen LogP contribution in [-0.4, -0.2) is 19.2 Å². The predicted molar refractivity (Wildman–Crippen MR) is 51.3 cm³/mol. The molecule has 1 aromatic rings. The number of hydrogen-bond donors (Lipinski definition) is 1. The third kappa shape index (κ3) is 2.20. The first kappa shape index (κ1) is 9.56. The fraction of sp³-hybridized carbons (Fsp3) is 0.300. The van der Waals surface area contributed by atoms with E-state index in [1.54, 1.807) is 18.2 Å². The zero-order chi connectivity index (χ0) is 9.84. The lowest BCUT2D eigenvalue weighted by Crippen LogP contribution is -2.08. The standard InChI is InChI=1S/C10H12N2O/c1-12(2)9-5-3-8(4-6-9)10(13)7-11/h3-6,10,13H,1-2H3. The second-order valence-corrected chi connectivity index (χ2v) is 3.02. The van der Waals surface area contributed by atoms with Crippen LogP contribution in [0.2, 0.25) is 0 Å². The molecule has 3 heteroatoms. The minimum atomic E-state index is -1.02. The summed E-state index contributed by atoms with van der Waals surface area (Å²) < 4.78 is 0. The molecule has 1 aromatic carbocycles. The molecule has 0 saturated heterocycles. The van der Waals surface area contributed by atoms with E-state index in [-0.39, 0.29) is 0 Å². The van der Waals surface area contributed by atoms with E-state index in [0.29, 0.717) is 5.56 Å². The Bertz CT molecular complexity index is 311. The Hall–Kier alpha value is -1.53. The van der Waals surface area contributed by atoms with Gasteiger partial charge in [-0.05, 0) is 17.7 Å². The largest absolute Gasteiger partial charge is 0.378 e. The smallest absolute Gasteiger partial charge is 0.165 e. The van der Waals surface area contributed by atoms with Gasteiger partial charge < -0.3 is 10.0 Å². The van der Waals surface area contributed by atoms with Crippen molar-refractivity contribution in [3.63, 3.8) is 0 Å². The summed E-state index contributed by atoms with van der Waals surface area (Å²) in [4.78, 5) is 1.96. The van der Waals surface area contributed by atoms with Crippen molar-refractivity contribution in [2.75, 3.05) is 19.0 Å². The van der Waals surface area contributed by atoms with Crippen molar-refractivity contribution < 1.29 is 5.11 Å². The average Bonchev–Trinajstić information content (AvgIpc) is 2.17. The van der Waals surface area contributed by atoms with Gasteiger partial charge in [0.25, 0.3) is 0 Å². The van der Waals surface area contributed by atoms with Gasteiger partial charge in [-0.3, -0.25) is 0 Å². The molecule has 13 heavy (non-hydrogen) atoms. The van der Waals surface area contributed by atoms with Gasteiger partial charge in [-0.25, -0.2) is 0 Å². The summed E-state index contributed by atoms with van der Waals surface area (Å²) in [6.07, 6.45) is -1.02. The maximum atomic E-state index is 9.18. The lowest BCUT2D eigenvalue weighted by Gasteiger charge is -2.12. The molecule has 0 spiro atoms. The number of anilines is 1. The molecule has 0 radical (unpaired) electrons. The van der Waals surface area contributed by atoms with Crippen LogP contribution < -0.4 is 4.90 Å². The summed E-state index contributed by atoms with van der Waals surface area (Å²) in [5, 5.41) is 17.6. The molecule has 0 amide bonds.